The van der Waals surface area contributed by atoms with Gasteiger partial charge in [0.25, 0.3) is 0 Å². The Hall–Kier alpha value is -1.66. The van der Waals surface area contributed by atoms with Crippen LogP contribution in [0.5, 0.6) is 0 Å². The van der Waals surface area contributed by atoms with Crippen molar-refractivity contribution in [1.29, 1.82) is 0 Å². The van der Waals surface area contributed by atoms with Gasteiger partial charge in [0.15, 0.2) is 0 Å². The van der Waals surface area contributed by atoms with Crippen molar-refractivity contribution in [2.45, 2.75) is 6.10 Å². The van der Waals surface area contributed by atoms with Gasteiger partial charge in [0.2, 0.25) is 0 Å². The Morgan fingerprint density at radius 1 is 1.72 bits per heavy atom. The van der Waals surface area contributed by atoms with E-state index in [0.717, 1.165) is 13.1 Å². The van der Waals surface area contributed by atoms with Crippen LogP contribution in [-0.4, -0.2) is 50.4 Å². The summed E-state index contributed by atoms with van der Waals surface area (Å²) in [6.07, 6.45) is 1.72. The van der Waals surface area contributed by atoms with Gasteiger partial charge >= 0.3 is 5.97 Å². The van der Waals surface area contributed by atoms with Crippen LogP contribution in [0, 0.1) is 0 Å². The number of ether oxygens (including phenoxy) is 2. The molecule has 18 heavy (non-hydrogen) atoms. The lowest BCUT2D eigenvalue weighted by molar-refractivity contribution is 0.0371. The minimum Gasteiger partial charge on any atom is -0.465 e. The molecule has 0 bridgehead atoms. The topological polar surface area (TPSA) is 72.5 Å². The Balaban J connectivity index is 1.97. The molecule has 2 N–H and O–H groups in total. The second kappa shape index (κ2) is 6.32. The summed E-state index contributed by atoms with van der Waals surface area (Å²) in [5.41, 5.74) is 0.434. The van der Waals surface area contributed by atoms with Gasteiger partial charge < -0.3 is 20.1 Å². The van der Waals surface area contributed by atoms with Gasteiger partial charge in [-0.15, -0.1) is 0 Å². The minimum absolute atomic E-state index is 0.0891. The van der Waals surface area contributed by atoms with Crippen molar-refractivity contribution in [1.82, 2.24) is 10.3 Å². The molecule has 0 aliphatic carbocycles. The summed E-state index contributed by atoms with van der Waals surface area (Å²) in [5.74, 6) is 0.131. The summed E-state index contributed by atoms with van der Waals surface area (Å²) in [5, 5.41) is 6.36. The van der Waals surface area contributed by atoms with E-state index in [1.807, 2.05) is 0 Å². The average molecular weight is 251 g/mol. The van der Waals surface area contributed by atoms with E-state index in [1.165, 1.54) is 7.11 Å². The number of hydrogen-bond donors (Lipinski definition) is 2. The number of aromatic nitrogens is 1. The Labute approximate surface area is 106 Å². The molecule has 1 aromatic rings. The highest BCUT2D eigenvalue weighted by Crippen LogP contribution is 2.12. The lowest BCUT2D eigenvalue weighted by Crippen LogP contribution is -2.42. The normalized spacial score (nSPS) is 19.3. The van der Waals surface area contributed by atoms with Gasteiger partial charge in [-0.1, -0.05) is 0 Å². The lowest BCUT2D eigenvalue weighted by Gasteiger charge is -2.24. The molecule has 6 nitrogen and oxygen atoms in total. The fraction of sp³-hybridized carbons (Fsp3) is 0.500. The molecule has 1 unspecified atom stereocenters. The van der Waals surface area contributed by atoms with Gasteiger partial charge in [-0.2, -0.15) is 0 Å². The molecule has 1 aliphatic rings. The molecule has 1 fully saturated rings. The smallest absolute Gasteiger partial charge is 0.341 e. The number of hydrogen-bond acceptors (Lipinski definition) is 6. The average Bonchev–Trinajstić information content (AvgIpc) is 2.45. The Bertz CT molecular complexity index is 405. The maximum atomic E-state index is 11.5. The first-order valence-corrected chi connectivity index (χ1v) is 5.91. The van der Waals surface area contributed by atoms with Crippen molar-refractivity contribution >= 4 is 11.8 Å². The predicted octanol–water partition coefficient (Wildman–Crippen LogP) is 0.268. The molecular weight excluding hydrogens is 234 g/mol. The Morgan fingerprint density at radius 3 is 3.33 bits per heavy atom. The molecule has 2 rings (SSSR count). The van der Waals surface area contributed by atoms with Gasteiger partial charge in [-0.05, 0) is 12.1 Å². The largest absolute Gasteiger partial charge is 0.465 e. The van der Waals surface area contributed by atoms with E-state index in [4.69, 9.17) is 9.47 Å². The molecule has 2 heterocycles. The van der Waals surface area contributed by atoms with Crippen molar-refractivity contribution in [3.63, 3.8) is 0 Å². The Morgan fingerprint density at radius 2 is 2.61 bits per heavy atom. The van der Waals surface area contributed by atoms with E-state index in [1.54, 1.807) is 18.3 Å². The highest BCUT2D eigenvalue weighted by atomic mass is 16.5. The first kappa shape index (κ1) is 12.8. The number of nitrogens with one attached hydrogen (secondary N) is 2. The lowest BCUT2D eigenvalue weighted by atomic mass is 10.2. The molecule has 6 heteroatoms. The van der Waals surface area contributed by atoms with Crippen molar-refractivity contribution in [2.75, 3.05) is 38.7 Å². The number of morpholine rings is 1. The van der Waals surface area contributed by atoms with E-state index in [9.17, 15) is 4.79 Å². The molecular formula is C12H17N3O3. The number of nitrogens with zero attached hydrogens (tertiary/aromatic N) is 1. The van der Waals surface area contributed by atoms with Crippen LogP contribution in [-0.2, 0) is 9.47 Å². The fourth-order valence-electron chi connectivity index (χ4n) is 1.78. The summed E-state index contributed by atoms with van der Waals surface area (Å²) in [4.78, 5) is 15.7. The van der Waals surface area contributed by atoms with Crippen LogP contribution < -0.4 is 10.6 Å². The molecule has 1 aliphatic heterocycles. The molecule has 1 saturated heterocycles. The minimum atomic E-state index is -0.395. The molecule has 1 aromatic heterocycles. The van der Waals surface area contributed by atoms with Crippen LogP contribution in [0.4, 0.5) is 5.82 Å². The zero-order chi connectivity index (χ0) is 12.8. The maximum Gasteiger partial charge on any atom is 0.341 e. The van der Waals surface area contributed by atoms with E-state index < -0.39 is 5.97 Å². The monoisotopic (exact) mass is 251 g/mol. The molecule has 98 valence electrons. The fourth-order valence-corrected chi connectivity index (χ4v) is 1.78. The van der Waals surface area contributed by atoms with E-state index in [-0.39, 0.29) is 6.10 Å². The van der Waals surface area contributed by atoms with Gasteiger partial charge in [0.1, 0.15) is 11.4 Å². The maximum absolute atomic E-state index is 11.5. The van der Waals surface area contributed by atoms with Crippen LogP contribution in [0.1, 0.15) is 10.4 Å². The third-order valence-electron chi connectivity index (χ3n) is 2.71. The van der Waals surface area contributed by atoms with E-state index >= 15 is 0 Å². The third kappa shape index (κ3) is 3.18. The molecule has 0 radical (unpaired) electrons. The number of rotatable bonds is 4. The Kier molecular flexibility index (Phi) is 4.49. The number of esters is 1. The molecule has 0 amide bonds. The van der Waals surface area contributed by atoms with Crippen LogP contribution in [0.15, 0.2) is 18.3 Å². The predicted molar refractivity (Wildman–Crippen MR) is 66.7 cm³/mol. The first-order chi connectivity index (χ1) is 8.81. The highest BCUT2D eigenvalue weighted by molar-refractivity contribution is 5.94. The van der Waals surface area contributed by atoms with Crippen molar-refractivity contribution < 1.29 is 14.3 Å². The van der Waals surface area contributed by atoms with Gasteiger partial charge in [0.05, 0.1) is 19.8 Å². The SMILES string of the molecule is COC(=O)c1cccnc1NCC1CNCCO1. The summed E-state index contributed by atoms with van der Waals surface area (Å²) in [6.45, 7) is 2.99. The highest BCUT2D eigenvalue weighted by Gasteiger charge is 2.16. The van der Waals surface area contributed by atoms with Crippen LogP contribution >= 0.6 is 0 Å². The zero-order valence-electron chi connectivity index (χ0n) is 10.3. The molecule has 1 atom stereocenters. The number of carbonyl (C=O) groups is 1. The number of carbonyl (C=O) groups excluding carboxylic acids is 1. The summed E-state index contributed by atoms with van der Waals surface area (Å²) in [6, 6.07) is 3.39. The number of pyridine rings is 1. The molecule has 0 spiro atoms. The van der Waals surface area contributed by atoms with Crippen LogP contribution in [0.2, 0.25) is 0 Å². The van der Waals surface area contributed by atoms with Crippen molar-refractivity contribution in [3.05, 3.63) is 23.9 Å². The van der Waals surface area contributed by atoms with Crippen molar-refractivity contribution in [2.24, 2.45) is 0 Å². The van der Waals surface area contributed by atoms with Gasteiger partial charge in [0, 0.05) is 25.8 Å². The van der Waals surface area contributed by atoms with Gasteiger partial charge in [-0.25, -0.2) is 9.78 Å². The standard InChI is InChI=1S/C12H17N3O3/c1-17-12(16)10-3-2-4-14-11(10)15-8-9-7-13-5-6-18-9/h2-4,9,13H,5-8H2,1H3,(H,14,15). The number of anilines is 1. The third-order valence-corrected chi connectivity index (χ3v) is 2.71. The van der Waals surface area contributed by atoms with Crippen LogP contribution in [0.25, 0.3) is 0 Å². The second-order valence-electron chi connectivity index (χ2n) is 3.97. The second-order valence-corrected chi connectivity index (χ2v) is 3.97. The van der Waals surface area contributed by atoms with E-state index in [2.05, 4.69) is 15.6 Å². The van der Waals surface area contributed by atoms with Crippen molar-refractivity contribution in [3.8, 4) is 0 Å². The first-order valence-electron chi connectivity index (χ1n) is 5.91. The number of methoxy groups -OCH3 is 1. The summed E-state index contributed by atoms with van der Waals surface area (Å²) >= 11 is 0. The summed E-state index contributed by atoms with van der Waals surface area (Å²) < 4.78 is 10.3. The summed E-state index contributed by atoms with van der Waals surface area (Å²) in [7, 11) is 1.35. The molecule has 0 saturated carbocycles. The quantitative estimate of drug-likeness (QED) is 0.748. The zero-order valence-corrected chi connectivity index (χ0v) is 10.3. The molecule has 0 aromatic carbocycles. The van der Waals surface area contributed by atoms with Gasteiger partial charge in [-0.3, -0.25) is 0 Å². The van der Waals surface area contributed by atoms with Crippen LogP contribution in [0.3, 0.4) is 0 Å². The van der Waals surface area contributed by atoms with E-state index in [0.29, 0.717) is 24.5 Å².